The number of aromatic nitrogens is 2. The number of rotatable bonds is 5. The molecule has 0 aliphatic rings. The Morgan fingerprint density at radius 3 is 2.61 bits per heavy atom. The first-order valence-electron chi connectivity index (χ1n) is 6.31. The maximum Gasteiger partial charge on any atom is 0.376 e. The average molecular weight is 385 g/mol. The molecule has 2 N–H and O–H groups in total. The first kappa shape index (κ1) is 16.7. The smallest absolute Gasteiger partial charge is 0.376 e. The van der Waals surface area contributed by atoms with Gasteiger partial charge in [-0.15, -0.1) is 0 Å². The maximum atomic E-state index is 11.8. The van der Waals surface area contributed by atoms with Gasteiger partial charge in [0.05, 0.1) is 24.8 Å². The van der Waals surface area contributed by atoms with Crippen molar-refractivity contribution in [2.24, 2.45) is 0 Å². The molecule has 0 unspecified atom stereocenters. The van der Waals surface area contributed by atoms with Gasteiger partial charge in [-0.05, 0) is 28.9 Å². The zero-order valence-corrected chi connectivity index (χ0v) is 14.1. The Kier molecular flexibility index (Phi) is 4.84. The van der Waals surface area contributed by atoms with Gasteiger partial charge in [0, 0.05) is 10.5 Å². The van der Waals surface area contributed by atoms with Crippen molar-refractivity contribution in [2.75, 3.05) is 19.5 Å². The second-order valence-electron chi connectivity index (χ2n) is 4.42. The van der Waals surface area contributed by atoms with E-state index in [0.29, 0.717) is 21.7 Å². The highest BCUT2D eigenvalue weighted by atomic mass is 79.9. The summed E-state index contributed by atoms with van der Waals surface area (Å²) in [5.74, 6) is 0.959. The zero-order valence-electron chi connectivity index (χ0n) is 12.5. The van der Waals surface area contributed by atoms with Crippen LogP contribution in [0.3, 0.4) is 0 Å². The number of benzene rings is 1. The molecule has 0 radical (unpaired) electrons. The lowest BCUT2D eigenvalue weighted by atomic mass is 10.2. The van der Waals surface area contributed by atoms with Gasteiger partial charge < -0.3 is 19.8 Å². The standard InChI is InChI=1S/C13H13BrN4O5/c1-6-15-12(11(18(20)21)13(19)16-6)17-10-8(14)4-7(22-2)5-9(10)23-3/h4-5H,1-3H3,(H2,15,16,17,19). The molecular weight excluding hydrogens is 372 g/mol. The quantitative estimate of drug-likeness (QED) is 0.600. The summed E-state index contributed by atoms with van der Waals surface area (Å²) in [6.45, 7) is 1.52. The molecule has 1 aromatic heterocycles. The van der Waals surface area contributed by atoms with Gasteiger partial charge in [0.15, 0.2) is 0 Å². The molecule has 0 aliphatic heterocycles. The molecule has 10 heteroatoms. The minimum absolute atomic E-state index is 0.180. The van der Waals surface area contributed by atoms with Gasteiger partial charge in [0.2, 0.25) is 5.82 Å². The van der Waals surface area contributed by atoms with Crippen LogP contribution < -0.4 is 20.3 Å². The number of halogens is 1. The molecule has 0 spiro atoms. The average Bonchev–Trinajstić information content (AvgIpc) is 2.47. The van der Waals surface area contributed by atoms with E-state index < -0.39 is 16.2 Å². The number of anilines is 2. The van der Waals surface area contributed by atoms with E-state index in [1.807, 2.05) is 0 Å². The van der Waals surface area contributed by atoms with Crippen LogP contribution in [0.4, 0.5) is 17.2 Å². The first-order valence-corrected chi connectivity index (χ1v) is 7.10. The molecule has 0 atom stereocenters. The van der Waals surface area contributed by atoms with Gasteiger partial charge in [-0.2, -0.15) is 0 Å². The summed E-state index contributed by atoms with van der Waals surface area (Å²) in [4.78, 5) is 28.4. The highest BCUT2D eigenvalue weighted by molar-refractivity contribution is 9.10. The number of aromatic amines is 1. The number of H-pyrrole nitrogens is 1. The van der Waals surface area contributed by atoms with Gasteiger partial charge in [-0.3, -0.25) is 14.9 Å². The maximum absolute atomic E-state index is 11.8. The van der Waals surface area contributed by atoms with E-state index in [1.165, 1.54) is 21.1 Å². The third-order valence-electron chi connectivity index (χ3n) is 2.92. The van der Waals surface area contributed by atoms with Gasteiger partial charge >= 0.3 is 11.2 Å². The number of hydrogen-bond donors (Lipinski definition) is 2. The van der Waals surface area contributed by atoms with E-state index >= 15 is 0 Å². The Hall–Kier alpha value is -2.62. The molecule has 1 aromatic carbocycles. The zero-order chi connectivity index (χ0) is 17.1. The van der Waals surface area contributed by atoms with Gasteiger partial charge in [0.1, 0.15) is 17.3 Å². The third kappa shape index (κ3) is 3.42. The number of nitro groups is 1. The van der Waals surface area contributed by atoms with E-state index in [-0.39, 0.29) is 11.6 Å². The van der Waals surface area contributed by atoms with E-state index in [9.17, 15) is 14.9 Å². The van der Waals surface area contributed by atoms with E-state index in [0.717, 1.165) is 0 Å². The number of ether oxygens (including phenoxy) is 2. The van der Waals surface area contributed by atoms with Crippen molar-refractivity contribution in [2.45, 2.75) is 6.92 Å². The lowest BCUT2D eigenvalue weighted by molar-refractivity contribution is -0.385. The van der Waals surface area contributed by atoms with Crippen molar-refractivity contribution in [1.29, 1.82) is 0 Å². The molecule has 2 rings (SSSR count). The lowest BCUT2D eigenvalue weighted by Gasteiger charge is -2.14. The molecule has 0 bridgehead atoms. The Bertz CT molecular complexity index is 821. The van der Waals surface area contributed by atoms with Crippen LogP contribution in [0.25, 0.3) is 0 Å². The topological polar surface area (TPSA) is 119 Å². The summed E-state index contributed by atoms with van der Waals surface area (Å²) in [7, 11) is 2.94. The predicted octanol–water partition coefficient (Wildman–Crippen LogP) is 2.51. The molecule has 9 nitrogen and oxygen atoms in total. The van der Waals surface area contributed by atoms with Crippen molar-refractivity contribution in [1.82, 2.24) is 9.97 Å². The van der Waals surface area contributed by atoms with Gasteiger partial charge in [0.25, 0.3) is 0 Å². The van der Waals surface area contributed by atoms with Crippen LogP contribution in [-0.4, -0.2) is 29.1 Å². The molecule has 2 aromatic rings. The third-order valence-corrected chi connectivity index (χ3v) is 3.55. The number of aryl methyl sites for hydroxylation is 1. The molecule has 0 fully saturated rings. The fraction of sp³-hybridized carbons (Fsp3) is 0.231. The molecular formula is C13H13BrN4O5. The fourth-order valence-electron chi connectivity index (χ4n) is 1.91. The molecule has 122 valence electrons. The minimum atomic E-state index is -0.839. The van der Waals surface area contributed by atoms with Crippen LogP contribution >= 0.6 is 15.9 Å². The van der Waals surface area contributed by atoms with E-state index in [2.05, 4.69) is 31.2 Å². The fourth-order valence-corrected chi connectivity index (χ4v) is 2.43. The Morgan fingerprint density at radius 2 is 2.04 bits per heavy atom. The Morgan fingerprint density at radius 1 is 1.35 bits per heavy atom. The number of nitrogens with one attached hydrogen (secondary N) is 2. The lowest BCUT2D eigenvalue weighted by Crippen LogP contribution is -2.17. The summed E-state index contributed by atoms with van der Waals surface area (Å²) in [5.41, 5.74) is -1.14. The summed E-state index contributed by atoms with van der Waals surface area (Å²) in [6, 6.07) is 3.25. The highest BCUT2D eigenvalue weighted by Crippen LogP contribution is 2.39. The SMILES string of the molecule is COc1cc(Br)c(Nc2nc(C)[nH]c(=O)c2[N+](=O)[O-])c(OC)c1. The normalized spacial score (nSPS) is 10.3. The number of nitrogens with zero attached hydrogens (tertiary/aromatic N) is 2. The number of methoxy groups -OCH3 is 2. The van der Waals surface area contributed by atoms with E-state index in [4.69, 9.17) is 9.47 Å². The largest absolute Gasteiger partial charge is 0.497 e. The predicted molar refractivity (Wildman–Crippen MR) is 86.8 cm³/mol. The van der Waals surface area contributed by atoms with Crippen molar-refractivity contribution in [3.63, 3.8) is 0 Å². The van der Waals surface area contributed by atoms with Gasteiger partial charge in [-0.1, -0.05) is 0 Å². The van der Waals surface area contributed by atoms with Crippen molar-refractivity contribution < 1.29 is 14.4 Å². The summed E-state index contributed by atoms with van der Waals surface area (Å²) in [6.07, 6.45) is 0. The van der Waals surface area contributed by atoms with Crippen molar-refractivity contribution in [3.05, 3.63) is 42.9 Å². The number of hydrogen-bond acceptors (Lipinski definition) is 7. The summed E-state index contributed by atoms with van der Waals surface area (Å²) < 4.78 is 10.9. The highest BCUT2D eigenvalue weighted by Gasteiger charge is 2.23. The molecule has 0 saturated carbocycles. The van der Waals surface area contributed by atoms with Gasteiger partial charge in [-0.25, -0.2) is 4.98 Å². The van der Waals surface area contributed by atoms with Crippen LogP contribution in [0.5, 0.6) is 11.5 Å². The second kappa shape index (κ2) is 6.65. The second-order valence-corrected chi connectivity index (χ2v) is 5.27. The van der Waals surface area contributed by atoms with Crippen LogP contribution in [0, 0.1) is 17.0 Å². The van der Waals surface area contributed by atoms with Crippen molar-refractivity contribution >= 4 is 33.1 Å². The Balaban J connectivity index is 2.60. The van der Waals surface area contributed by atoms with Crippen LogP contribution in [-0.2, 0) is 0 Å². The first-order chi connectivity index (χ1) is 10.9. The molecule has 1 heterocycles. The van der Waals surface area contributed by atoms with Crippen LogP contribution in [0.15, 0.2) is 21.4 Å². The van der Waals surface area contributed by atoms with Crippen LogP contribution in [0.2, 0.25) is 0 Å². The molecule has 0 amide bonds. The minimum Gasteiger partial charge on any atom is -0.497 e. The van der Waals surface area contributed by atoms with Crippen molar-refractivity contribution in [3.8, 4) is 11.5 Å². The monoisotopic (exact) mass is 384 g/mol. The Labute approximate surface area is 138 Å². The molecule has 0 saturated heterocycles. The summed E-state index contributed by atoms with van der Waals surface area (Å²) >= 11 is 3.33. The van der Waals surface area contributed by atoms with Crippen LogP contribution in [0.1, 0.15) is 5.82 Å². The molecule has 0 aliphatic carbocycles. The van der Waals surface area contributed by atoms with E-state index in [1.54, 1.807) is 12.1 Å². The molecule has 23 heavy (non-hydrogen) atoms. The summed E-state index contributed by atoms with van der Waals surface area (Å²) in [5, 5.41) is 13.9.